The Morgan fingerprint density at radius 3 is 2.58 bits per heavy atom. The summed E-state index contributed by atoms with van der Waals surface area (Å²) in [5.74, 6) is -0.525. The van der Waals surface area contributed by atoms with E-state index in [1.807, 2.05) is 26.8 Å². The molecular weight excluding hydrogens is 481 g/mol. The number of benzene rings is 2. The molecule has 1 aliphatic rings. The van der Waals surface area contributed by atoms with Crippen LogP contribution in [0.25, 0.3) is 0 Å². The molecule has 1 heterocycles. The number of hydrogen-bond acceptors (Lipinski definition) is 4. The van der Waals surface area contributed by atoms with Crippen molar-refractivity contribution in [2.45, 2.75) is 26.8 Å². The van der Waals surface area contributed by atoms with E-state index in [4.69, 9.17) is 40.2 Å². The minimum atomic E-state index is -0.518. The van der Waals surface area contributed by atoms with Gasteiger partial charge in [0.15, 0.2) is 5.11 Å². The number of carbonyl (C=O) groups excluding carboxylic acids is 2. The van der Waals surface area contributed by atoms with Gasteiger partial charge >= 0.3 is 5.97 Å². The Hall–Kier alpha value is -2.61. The molecule has 2 N–H and O–H groups in total. The van der Waals surface area contributed by atoms with Gasteiger partial charge in [-0.2, -0.15) is 0 Å². The average Bonchev–Trinajstić information content (AvgIpc) is 2.77. The van der Waals surface area contributed by atoms with Crippen LogP contribution < -0.4 is 10.6 Å². The van der Waals surface area contributed by atoms with Crippen LogP contribution in [0.1, 0.15) is 42.7 Å². The predicted octanol–water partition coefficient (Wildman–Crippen LogP) is 5.58. The van der Waals surface area contributed by atoms with E-state index in [2.05, 4.69) is 10.6 Å². The summed E-state index contributed by atoms with van der Waals surface area (Å²) in [6.45, 7) is 6.11. The number of thiocarbonyl (C=S) groups is 1. The Morgan fingerprint density at radius 1 is 1.18 bits per heavy atom. The Labute approximate surface area is 208 Å². The molecule has 3 rings (SSSR count). The minimum Gasteiger partial charge on any atom is -0.462 e. The number of halogens is 2. The van der Waals surface area contributed by atoms with Crippen molar-refractivity contribution in [1.29, 1.82) is 0 Å². The minimum absolute atomic E-state index is 0.212. The van der Waals surface area contributed by atoms with E-state index in [1.165, 1.54) is 6.07 Å². The van der Waals surface area contributed by atoms with Gasteiger partial charge < -0.3 is 20.3 Å². The third-order valence-electron chi connectivity index (χ3n) is 5.18. The first-order valence-electron chi connectivity index (χ1n) is 10.4. The van der Waals surface area contributed by atoms with Crippen LogP contribution >= 0.6 is 35.4 Å². The zero-order valence-electron chi connectivity index (χ0n) is 18.7. The molecule has 0 fully saturated rings. The number of allylic oxidation sites excluding steroid dienone is 1. The van der Waals surface area contributed by atoms with Crippen LogP contribution in [-0.2, 0) is 9.53 Å². The van der Waals surface area contributed by atoms with Crippen LogP contribution in [-0.4, -0.2) is 35.5 Å². The molecule has 0 aromatic heterocycles. The lowest BCUT2D eigenvalue weighted by Gasteiger charge is -2.35. The number of anilines is 1. The number of amides is 1. The number of nitrogens with zero attached hydrogens (tertiary/aromatic N) is 1. The first-order chi connectivity index (χ1) is 15.6. The van der Waals surface area contributed by atoms with E-state index in [-0.39, 0.29) is 11.8 Å². The van der Waals surface area contributed by atoms with Gasteiger partial charge in [-0.25, -0.2) is 4.79 Å². The second-order valence-corrected chi connectivity index (χ2v) is 9.34. The normalized spacial score (nSPS) is 16.0. The molecule has 0 aliphatic carbocycles. The highest BCUT2D eigenvalue weighted by Gasteiger charge is 2.33. The van der Waals surface area contributed by atoms with Gasteiger partial charge in [0.1, 0.15) is 0 Å². The molecule has 9 heteroatoms. The molecule has 1 atom stereocenters. The number of nitrogens with one attached hydrogen (secondary N) is 2. The lowest BCUT2D eigenvalue weighted by Crippen LogP contribution is -2.46. The molecular formula is C24H25Cl2N3O3S. The highest BCUT2D eigenvalue weighted by atomic mass is 35.5. The van der Waals surface area contributed by atoms with E-state index < -0.39 is 12.0 Å². The number of hydrogen-bond donors (Lipinski definition) is 2. The van der Waals surface area contributed by atoms with E-state index in [9.17, 15) is 9.59 Å². The summed E-state index contributed by atoms with van der Waals surface area (Å²) >= 11 is 17.4. The molecule has 33 heavy (non-hydrogen) atoms. The highest BCUT2D eigenvalue weighted by molar-refractivity contribution is 7.80. The second-order valence-electron chi connectivity index (χ2n) is 8.14. The predicted molar refractivity (Wildman–Crippen MR) is 136 cm³/mol. The molecule has 2 aromatic carbocycles. The summed E-state index contributed by atoms with van der Waals surface area (Å²) in [5, 5.41) is 7.23. The molecule has 1 amide bonds. The lowest BCUT2D eigenvalue weighted by molar-refractivity contribution is -0.140. The Morgan fingerprint density at radius 2 is 1.91 bits per heavy atom. The SMILES string of the molecule is CC1=C(C(=O)OCC(C)C)C(c2cccc(NC(=O)c3ccc(Cl)c(Cl)c3)c2)NC(=S)N1C. The van der Waals surface area contributed by atoms with Crippen molar-refractivity contribution in [1.82, 2.24) is 10.2 Å². The van der Waals surface area contributed by atoms with E-state index >= 15 is 0 Å². The first-order valence-corrected chi connectivity index (χ1v) is 11.5. The fourth-order valence-electron chi connectivity index (χ4n) is 3.31. The van der Waals surface area contributed by atoms with Gasteiger partial charge in [-0.3, -0.25) is 4.79 Å². The van der Waals surface area contributed by atoms with Crippen molar-refractivity contribution in [3.05, 3.63) is 74.9 Å². The molecule has 0 saturated carbocycles. The van der Waals surface area contributed by atoms with Gasteiger partial charge in [0.2, 0.25) is 0 Å². The number of carbonyl (C=O) groups is 2. The van der Waals surface area contributed by atoms with Gasteiger partial charge in [-0.15, -0.1) is 0 Å². The Balaban J connectivity index is 1.90. The maximum atomic E-state index is 13.0. The quantitative estimate of drug-likeness (QED) is 0.394. The zero-order chi connectivity index (χ0) is 24.3. The van der Waals surface area contributed by atoms with Gasteiger partial charge in [0.25, 0.3) is 5.91 Å². The van der Waals surface area contributed by atoms with Crippen LogP contribution in [0.2, 0.25) is 10.0 Å². The van der Waals surface area contributed by atoms with E-state index in [0.29, 0.717) is 44.3 Å². The fraction of sp³-hybridized carbons (Fsp3) is 0.292. The first kappa shape index (κ1) is 25.0. The summed E-state index contributed by atoms with van der Waals surface area (Å²) < 4.78 is 5.52. The molecule has 1 unspecified atom stereocenters. The highest BCUT2D eigenvalue weighted by Crippen LogP contribution is 2.32. The molecule has 0 radical (unpaired) electrons. The van der Waals surface area contributed by atoms with Crippen LogP contribution in [0.15, 0.2) is 53.7 Å². The van der Waals surface area contributed by atoms with Gasteiger partial charge in [-0.1, -0.05) is 49.2 Å². The number of esters is 1. The van der Waals surface area contributed by atoms with Crippen molar-refractivity contribution >= 4 is 58.1 Å². The van der Waals surface area contributed by atoms with Crippen LogP contribution in [0.3, 0.4) is 0 Å². The standard InChI is InChI=1S/C24H25Cl2N3O3S/c1-13(2)12-32-23(31)20-14(3)29(4)24(33)28-21(20)15-6-5-7-17(10-15)27-22(30)16-8-9-18(25)19(26)11-16/h5-11,13,21H,12H2,1-4H3,(H,27,30)(H,28,33). The smallest absolute Gasteiger partial charge is 0.338 e. The summed E-state index contributed by atoms with van der Waals surface area (Å²) in [6, 6.07) is 11.4. The van der Waals surface area contributed by atoms with E-state index in [1.54, 1.807) is 42.3 Å². The third kappa shape index (κ3) is 5.85. The van der Waals surface area contributed by atoms with Gasteiger partial charge in [0, 0.05) is 24.0 Å². The fourth-order valence-corrected chi connectivity index (χ4v) is 3.86. The largest absolute Gasteiger partial charge is 0.462 e. The van der Waals surface area contributed by atoms with Gasteiger partial charge in [-0.05, 0) is 61.0 Å². The number of ether oxygens (including phenoxy) is 1. The molecule has 1 aliphatic heterocycles. The second kappa shape index (κ2) is 10.5. The lowest BCUT2D eigenvalue weighted by atomic mass is 9.94. The summed E-state index contributed by atoms with van der Waals surface area (Å²) in [7, 11) is 1.80. The summed E-state index contributed by atoms with van der Waals surface area (Å²) in [6.07, 6.45) is 0. The summed E-state index contributed by atoms with van der Waals surface area (Å²) in [5.41, 5.74) is 2.88. The van der Waals surface area contributed by atoms with Crippen molar-refractivity contribution in [2.75, 3.05) is 19.0 Å². The van der Waals surface area contributed by atoms with Gasteiger partial charge in [0.05, 0.1) is 28.3 Å². The Bertz CT molecular complexity index is 1130. The van der Waals surface area contributed by atoms with E-state index in [0.717, 1.165) is 5.56 Å². The molecule has 174 valence electrons. The molecule has 0 bridgehead atoms. The van der Waals surface area contributed by atoms with Crippen LogP contribution in [0.4, 0.5) is 5.69 Å². The third-order valence-corrected chi connectivity index (χ3v) is 6.31. The molecule has 2 aromatic rings. The summed E-state index contributed by atoms with van der Waals surface area (Å²) in [4.78, 5) is 27.4. The molecule has 6 nitrogen and oxygen atoms in total. The van der Waals surface area contributed by atoms with Crippen LogP contribution in [0.5, 0.6) is 0 Å². The van der Waals surface area contributed by atoms with Crippen molar-refractivity contribution in [3.8, 4) is 0 Å². The maximum Gasteiger partial charge on any atom is 0.338 e. The topological polar surface area (TPSA) is 70.7 Å². The zero-order valence-corrected chi connectivity index (χ0v) is 21.1. The maximum absolute atomic E-state index is 13.0. The average molecular weight is 506 g/mol. The molecule has 0 saturated heterocycles. The van der Waals surface area contributed by atoms with Crippen LogP contribution in [0, 0.1) is 5.92 Å². The number of rotatable bonds is 6. The van der Waals surface area contributed by atoms with Crippen molar-refractivity contribution in [2.24, 2.45) is 5.92 Å². The monoisotopic (exact) mass is 505 g/mol. The molecule has 0 spiro atoms. The van der Waals surface area contributed by atoms with Crippen molar-refractivity contribution < 1.29 is 14.3 Å². The van der Waals surface area contributed by atoms with Crippen molar-refractivity contribution in [3.63, 3.8) is 0 Å². The Kier molecular flexibility index (Phi) is 8.00.